The van der Waals surface area contributed by atoms with Crippen LogP contribution < -0.4 is 10.6 Å². The molecule has 2 fully saturated rings. The van der Waals surface area contributed by atoms with Crippen LogP contribution in [0.15, 0.2) is 12.4 Å². The Labute approximate surface area is 128 Å². The van der Waals surface area contributed by atoms with Gasteiger partial charge in [-0.2, -0.15) is 0 Å². The molecule has 2 aliphatic rings. The normalized spacial score (nSPS) is 33.7. The van der Waals surface area contributed by atoms with Gasteiger partial charge in [-0.15, -0.1) is 0 Å². The Balaban J connectivity index is 1.76. The molecule has 0 aromatic carbocycles. The number of carbonyl (C=O) groups is 1. The van der Waals surface area contributed by atoms with Crippen molar-refractivity contribution in [2.75, 3.05) is 13.2 Å². The number of nitrogens with zero attached hydrogens (tertiary/aromatic N) is 2. The number of nitrogens with one attached hydrogen (secondary N) is 2. The van der Waals surface area contributed by atoms with Gasteiger partial charge in [0.15, 0.2) is 6.29 Å². The Bertz CT molecular complexity index is 535. The average molecular weight is 310 g/mol. The van der Waals surface area contributed by atoms with Crippen molar-refractivity contribution in [3.05, 3.63) is 18.2 Å². The highest BCUT2D eigenvalue weighted by atomic mass is 16.7. The van der Waals surface area contributed by atoms with E-state index in [4.69, 9.17) is 9.47 Å². The molecule has 8 nitrogen and oxygen atoms in total. The number of aryl methyl sites for hydroxylation is 1. The summed E-state index contributed by atoms with van der Waals surface area (Å²) in [4.78, 5) is 16.1. The van der Waals surface area contributed by atoms with Gasteiger partial charge >= 0.3 is 6.03 Å². The molecule has 3 rings (SSSR count). The van der Waals surface area contributed by atoms with Crippen LogP contribution in [-0.2, 0) is 9.47 Å². The second kappa shape index (κ2) is 6.23. The van der Waals surface area contributed by atoms with Crippen LogP contribution in [0.1, 0.15) is 25.2 Å². The van der Waals surface area contributed by atoms with E-state index in [2.05, 4.69) is 15.6 Å². The van der Waals surface area contributed by atoms with Gasteiger partial charge in [-0.3, -0.25) is 0 Å². The molecule has 5 atom stereocenters. The summed E-state index contributed by atoms with van der Waals surface area (Å²) < 4.78 is 13.3. The van der Waals surface area contributed by atoms with E-state index in [1.807, 2.05) is 18.4 Å². The number of imidazole rings is 1. The quantitative estimate of drug-likeness (QED) is 0.723. The van der Waals surface area contributed by atoms with Crippen molar-refractivity contribution >= 4 is 6.03 Å². The van der Waals surface area contributed by atoms with Gasteiger partial charge in [-0.05, 0) is 13.3 Å². The molecule has 5 unspecified atom stereocenters. The molecule has 0 spiro atoms. The highest BCUT2D eigenvalue weighted by Crippen LogP contribution is 2.36. The van der Waals surface area contributed by atoms with Gasteiger partial charge in [0.2, 0.25) is 0 Å². The fourth-order valence-corrected chi connectivity index (χ4v) is 3.02. The van der Waals surface area contributed by atoms with Crippen molar-refractivity contribution in [3.8, 4) is 0 Å². The lowest BCUT2D eigenvalue weighted by Gasteiger charge is -2.39. The zero-order valence-electron chi connectivity index (χ0n) is 12.7. The van der Waals surface area contributed by atoms with Crippen LogP contribution in [0.4, 0.5) is 4.79 Å². The van der Waals surface area contributed by atoms with Crippen LogP contribution in [0.5, 0.6) is 0 Å². The molecule has 122 valence electrons. The van der Waals surface area contributed by atoms with E-state index in [1.54, 1.807) is 12.4 Å². The Morgan fingerprint density at radius 2 is 2.41 bits per heavy atom. The first-order chi connectivity index (χ1) is 10.6. The van der Waals surface area contributed by atoms with E-state index in [1.165, 1.54) is 0 Å². The molecule has 3 N–H and O–H groups in total. The number of fused-ring (bicyclic) bond motifs is 2. The van der Waals surface area contributed by atoms with Crippen LogP contribution in [0.25, 0.3) is 0 Å². The van der Waals surface area contributed by atoms with Crippen LogP contribution >= 0.6 is 0 Å². The van der Waals surface area contributed by atoms with Gasteiger partial charge in [0, 0.05) is 18.9 Å². The first-order valence-corrected chi connectivity index (χ1v) is 7.60. The predicted molar refractivity (Wildman–Crippen MR) is 77.2 cm³/mol. The van der Waals surface area contributed by atoms with Gasteiger partial charge < -0.3 is 29.8 Å². The van der Waals surface area contributed by atoms with Crippen molar-refractivity contribution < 1.29 is 19.4 Å². The molecule has 2 aliphatic heterocycles. The molecule has 22 heavy (non-hydrogen) atoms. The van der Waals surface area contributed by atoms with Gasteiger partial charge in [0.05, 0.1) is 12.6 Å². The maximum Gasteiger partial charge on any atom is 0.315 e. The molecule has 2 saturated heterocycles. The summed E-state index contributed by atoms with van der Waals surface area (Å²) >= 11 is 0. The van der Waals surface area contributed by atoms with E-state index in [0.717, 1.165) is 12.2 Å². The lowest BCUT2D eigenvalue weighted by atomic mass is 9.96. The van der Waals surface area contributed by atoms with Crippen molar-refractivity contribution in [2.45, 2.75) is 50.8 Å². The van der Waals surface area contributed by atoms with Gasteiger partial charge in [0.25, 0.3) is 0 Å². The van der Waals surface area contributed by atoms with E-state index in [0.29, 0.717) is 13.2 Å². The van der Waals surface area contributed by atoms with Gasteiger partial charge in [-0.1, -0.05) is 6.92 Å². The summed E-state index contributed by atoms with van der Waals surface area (Å²) in [6.45, 7) is 4.77. The summed E-state index contributed by atoms with van der Waals surface area (Å²) in [7, 11) is 0. The third-order valence-corrected chi connectivity index (χ3v) is 4.15. The number of urea groups is 1. The average Bonchev–Trinajstić information content (AvgIpc) is 3.10. The lowest BCUT2D eigenvalue weighted by molar-refractivity contribution is -0.164. The van der Waals surface area contributed by atoms with Crippen molar-refractivity contribution in [1.29, 1.82) is 0 Å². The minimum Gasteiger partial charge on any atom is -0.388 e. The number of aromatic nitrogens is 2. The number of amides is 2. The monoisotopic (exact) mass is 310 g/mol. The predicted octanol–water partition coefficient (Wildman–Crippen LogP) is -0.0736. The van der Waals surface area contributed by atoms with Gasteiger partial charge in [0.1, 0.15) is 24.1 Å². The van der Waals surface area contributed by atoms with Crippen molar-refractivity contribution in [2.24, 2.45) is 0 Å². The van der Waals surface area contributed by atoms with Crippen LogP contribution in [0.2, 0.25) is 0 Å². The van der Waals surface area contributed by atoms with E-state index in [-0.39, 0.29) is 12.1 Å². The topological polar surface area (TPSA) is 97.6 Å². The number of hydrogen-bond donors (Lipinski definition) is 3. The number of rotatable bonds is 4. The fourth-order valence-electron chi connectivity index (χ4n) is 3.02. The first kappa shape index (κ1) is 15.3. The molecule has 1 aromatic heterocycles. The molecule has 2 amide bonds. The SMILES string of the molecule is CCCNC(=O)NC1C2COC(O2)C(n2ccnc2C)C1O. The molecular weight excluding hydrogens is 288 g/mol. The molecule has 1 aromatic rings. The summed E-state index contributed by atoms with van der Waals surface area (Å²) in [5, 5.41) is 16.3. The van der Waals surface area contributed by atoms with Crippen molar-refractivity contribution in [3.63, 3.8) is 0 Å². The van der Waals surface area contributed by atoms with Crippen LogP contribution in [0.3, 0.4) is 0 Å². The highest BCUT2D eigenvalue weighted by Gasteiger charge is 2.51. The molecule has 2 bridgehead atoms. The summed E-state index contributed by atoms with van der Waals surface area (Å²) in [5.41, 5.74) is 0. The summed E-state index contributed by atoms with van der Waals surface area (Å²) in [6, 6.07) is -1.26. The Morgan fingerprint density at radius 3 is 3.09 bits per heavy atom. The smallest absolute Gasteiger partial charge is 0.315 e. The first-order valence-electron chi connectivity index (χ1n) is 7.60. The Morgan fingerprint density at radius 1 is 1.59 bits per heavy atom. The third-order valence-electron chi connectivity index (χ3n) is 4.15. The zero-order chi connectivity index (χ0) is 15.7. The number of hydrogen-bond acceptors (Lipinski definition) is 5. The largest absolute Gasteiger partial charge is 0.388 e. The standard InChI is InChI=1S/C14H22N4O4/c1-3-4-16-14(20)17-10-9-7-21-13(22-9)11(12(10)19)18-6-5-15-8(18)2/h5-6,9-13,19H,3-4,7H2,1-2H3,(H2,16,17,20). The number of aliphatic hydroxyl groups is 1. The molecule has 0 aliphatic carbocycles. The number of ether oxygens (including phenoxy) is 2. The van der Waals surface area contributed by atoms with E-state index in [9.17, 15) is 9.90 Å². The number of aliphatic hydroxyl groups excluding tert-OH is 1. The van der Waals surface area contributed by atoms with E-state index >= 15 is 0 Å². The summed E-state index contributed by atoms with van der Waals surface area (Å²) in [6.07, 6.45) is 2.62. The van der Waals surface area contributed by atoms with Crippen molar-refractivity contribution in [1.82, 2.24) is 20.2 Å². The second-order valence-corrected chi connectivity index (χ2v) is 5.67. The molecular formula is C14H22N4O4. The molecule has 0 radical (unpaired) electrons. The highest BCUT2D eigenvalue weighted by molar-refractivity contribution is 5.74. The van der Waals surface area contributed by atoms with E-state index < -0.39 is 24.5 Å². The minimum atomic E-state index is -0.813. The van der Waals surface area contributed by atoms with Crippen LogP contribution in [0, 0.1) is 6.92 Å². The third kappa shape index (κ3) is 2.69. The maximum atomic E-state index is 11.9. The maximum absolute atomic E-state index is 11.9. The van der Waals surface area contributed by atoms with Crippen LogP contribution in [-0.4, -0.2) is 58.4 Å². The van der Waals surface area contributed by atoms with Gasteiger partial charge in [-0.25, -0.2) is 9.78 Å². The molecule has 0 saturated carbocycles. The molecule has 8 heteroatoms. The summed E-state index contributed by atoms with van der Waals surface area (Å²) in [5.74, 6) is 0.760. The molecule has 3 heterocycles. The second-order valence-electron chi connectivity index (χ2n) is 5.67. The minimum absolute atomic E-state index is 0.305. The Kier molecular flexibility index (Phi) is 4.32. The number of carbonyl (C=O) groups excluding carboxylic acids is 1. The zero-order valence-corrected chi connectivity index (χ0v) is 12.7. The Hall–Kier alpha value is -1.64. The fraction of sp³-hybridized carbons (Fsp3) is 0.714. The lowest BCUT2D eigenvalue weighted by Crippen LogP contribution is -2.60.